The summed E-state index contributed by atoms with van der Waals surface area (Å²) in [7, 11) is 0. The first kappa shape index (κ1) is 13.7. The first-order valence-electron chi connectivity index (χ1n) is 5.19. The van der Waals surface area contributed by atoms with Gasteiger partial charge in [-0.2, -0.15) is 0 Å². The van der Waals surface area contributed by atoms with Crippen LogP contribution < -0.4 is 0 Å². The van der Waals surface area contributed by atoms with Crippen molar-refractivity contribution in [1.82, 2.24) is 0 Å². The third-order valence-electron chi connectivity index (χ3n) is 1.83. The van der Waals surface area contributed by atoms with Crippen molar-refractivity contribution in [3.63, 3.8) is 0 Å². The second-order valence-corrected chi connectivity index (χ2v) is 3.65. The van der Waals surface area contributed by atoms with E-state index >= 15 is 0 Å². The number of carbonyl (C=O) groups excluding carboxylic acids is 1. The number of carbonyl (C=O) groups is 1. The molecule has 0 heterocycles. The van der Waals surface area contributed by atoms with Crippen molar-refractivity contribution in [3.8, 4) is 0 Å². The number of hydrogen-bond acceptors (Lipinski definition) is 2. The maximum Gasteiger partial charge on any atom is 0.331 e. The van der Waals surface area contributed by atoms with Crippen LogP contribution in [0.2, 0.25) is 0 Å². The summed E-state index contributed by atoms with van der Waals surface area (Å²) in [6.07, 6.45) is 7.53. The Kier molecular flexibility index (Phi) is 7.33. The van der Waals surface area contributed by atoms with Crippen molar-refractivity contribution in [3.05, 3.63) is 37.0 Å². The second kappa shape index (κ2) is 8.04. The molecule has 0 aliphatic heterocycles. The third-order valence-corrected chi connectivity index (χ3v) is 1.83. The van der Waals surface area contributed by atoms with Crippen LogP contribution in [0.15, 0.2) is 37.0 Å². The van der Waals surface area contributed by atoms with Crippen molar-refractivity contribution >= 4 is 5.97 Å². The molecule has 0 rings (SSSR count). The Balaban J connectivity index is 3.98. The van der Waals surface area contributed by atoms with Crippen LogP contribution in [0, 0.1) is 0 Å². The van der Waals surface area contributed by atoms with Crippen LogP contribution in [0.5, 0.6) is 0 Å². The molecular weight excluding hydrogens is 188 g/mol. The molecule has 0 fully saturated rings. The van der Waals surface area contributed by atoms with Crippen LogP contribution >= 0.6 is 0 Å². The fraction of sp³-hybridized carbons (Fsp3) is 0.462. The van der Waals surface area contributed by atoms with Gasteiger partial charge < -0.3 is 4.74 Å². The van der Waals surface area contributed by atoms with Crippen LogP contribution in [0.25, 0.3) is 0 Å². The molecular formula is C13H20O2. The molecule has 0 amide bonds. The van der Waals surface area contributed by atoms with E-state index in [0.29, 0.717) is 0 Å². The number of allylic oxidation sites excluding steroid dienone is 2. The average molecular weight is 208 g/mol. The van der Waals surface area contributed by atoms with Crippen LogP contribution in [0.1, 0.15) is 33.1 Å². The molecule has 1 atom stereocenters. The molecule has 15 heavy (non-hydrogen) atoms. The zero-order chi connectivity index (χ0) is 11.7. The minimum atomic E-state index is -0.293. The van der Waals surface area contributed by atoms with Gasteiger partial charge in [-0.1, -0.05) is 24.3 Å². The SMILES string of the molecule is C=CCCCC(C=C)OC(=O)C=C(C)C. The van der Waals surface area contributed by atoms with Gasteiger partial charge in [0.1, 0.15) is 6.10 Å². The molecule has 0 bridgehead atoms. The van der Waals surface area contributed by atoms with E-state index in [9.17, 15) is 4.79 Å². The van der Waals surface area contributed by atoms with Gasteiger partial charge in [0.2, 0.25) is 0 Å². The summed E-state index contributed by atoms with van der Waals surface area (Å²) in [6.45, 7) is 11.0. The Morgan fingerprint density at radius 2 is 2.07 bits per heavy atom. The van der Waals surface area contributed by atoms with Gasteiger partial charge in [0.15, 0.2) is 0 Å². The molecule has 0 aromatic carbocycles. The van der Waals surface area contributed by atoms with Crippen molar-refractivity contribution in [2.75, 3.05) is 0 Å². The van der Waals surface area contributed by atoms with Gasteiger partial charge >= 0.3 is 5.97 Å². The summed E-state index contributed by atoms with van der Waals surface area (Å²) < 4.78 is 5.19. The lowest BCUT2D eigenvalue weighted by Gasteiger charge is -2.12. The average Bonchev–Trinajstić information content (AvgIpc) is 2.15. The molecule has 0 spiro atoms. The lowest BCUT2D eigenvalue weighted by Crippen LogP contribution is -2.14. The standard InChI is InChI=1S/C13H20O2/c1-5-7-8-9-12(6-2)15-13(14)10-11(3)4/h5-6,10,12H,1-2,7-9H2,3-4H3. The van der Waals surface area contributed by atoms with Gasteiger partial charge in [-0.05, 0) is 33.1 Å². The van der Waals surface area contributed by atoms with E-state index in [4.69, 9.17) is 4.74 Å². The van der Waals surface area contributed by atoms with Gasteiger partial charge in [0, 0.05) is 6.08 Å². The quantitative estimate of drug-likeness (QED) is 0.277. The molecule has 0 radical (unpaired) electrons. The van der Waals surface area contributed by atoms with Crippen molar-refractivity contribution < 1.29 is 9.53 Å². The summed E-state index contributed by atoms with van der Waals surface area (Å²) >= 11 is 0. The molecule has 0 aliphatic rings. The van der Waals surface area contributed by atoms with Gasteiger partial charge in [-0.25, -0.2) is 4.79 Å². The minimum Gasteiger partial charge on any atom is -0.455 e. The van der Waals surface area contributed by atoms with Crippen molar-refractivity contribution in [2.24, 2.45) is 0 Å². The Hall–Kier alpha value is -1.31. The van der Waals surface area contributed by atoms with Crippen molar-refractivity contribution in [1.29, 1.82) is 0 Å². The lowest BCUT2D eigenvalue weighted by molar-refractivity contribution is -0.141. The molecule has 0 aromatic heterocycles. The van der Waals surface area contributed by atoms with Crippen LogP contribution in [-0.2, 0) is 9.53 Å². The Morgan fingerprint density at radius 1 is 1.40 bits per heavy atom. The van der Waals surface area contributed by atoms with E-state index in [-0.39, 0.29) is 12.1 Å². The predicted molar refractivity (Wildman–Crippen MR) is 63.6 cm³/mol. The Morgan fingerprint density at radius 3 is 2.53 bits per heavy atom. The fourth-order valence-corrected chi connectivity index (χ4v) is 1.11. The summed E-state index contributed by atoms with van der Waals surface area (Å²) in [5.74, 6) is -0.293. The molecule has 0 saturated heterocycles. The summed E-state index contributed by atoms with van der Waals surface area (Å²) in [5, 5.41) is 0. The highest BCUT2D eigenvalue weighted by Crippen LogP contribution is 2.07. The molecule has 84 valence electrons. The Bertz CT molecular complexity index is 247. The molecule has 0 aromatic rings. The summed E-state index contributed by atoms with van der Waals surface area (Å²) in [4.78, 5) is 11.3. The smallest absolute Gasteiger partial charge is 0.331 e. The molecule has 0 saturated carbocycles. The third kappa shape index (κ3) is 7.74. The first-order chi connectivity index (χ1) is 7.10. The summed E-state index contributed by atoms with van der Waals surface area (Å²) in [5.41, 5.74) is 0.939. The van der Waals surface area contributed by atoms with E-state index in [1.165, 1.54) is 6.08 Å². The number of rotatable bonds is 7. The molecule has 0 N–H and O–H groups in total. The van der Waals surface area contributed by atoms with E-state index < -0.39 is 0 Å². The van der Waals surface area contributed by atoms with Crippen LogP contribution in [0.3, 0.4) is 0 Å². The van der Waals surface area contributed by atoms with Gasteiger partial charge in [-0.15, -0.1) is 6.58 Å². The van der Waals surface area contributed by atoms with Crippen molar-refractivity contribution in [2.45, 2.75) is 39.2 Å². The van der Waals surface area contributed by atoms with E-state index in [1.807, 2.05) is 19.9 Å². The lowest BCUT2D eigenvalue weighted by atomic mass is 10.1. The molecule has 0 aliphatic carbocycles. The largest absolute Gasteiger partial charge is 0.455 e. The minimum absolute atomic E-state index is 0.187. The van der Waals surface area contributed by atoms with E-state index in [0.717, 1.165) is 24.8 Å². The van der Waals surface area contributed by atoms with E-state index in [1.54, 1.807) is 6.08 Å². The highest BCUT2D eigenvalue weighted by Gasteiger charge is 2.07. The normalized spacial score (nSPS) is 11.3. The zero-order valence-corrected chi connectivity index (χ0v) is 9.66. The van der Waals surface area contributed by atoms with Crippen LogP contribution in [-0.4, -0.2) is 12.1 Å². The molecule has 2 heteroatoms. The zero-order valence-electron chi connectivity index (χ0n) is 9.66. The van der Waals surface area contributed by atoms with Gasteiger partial charge in [0.05, 0.1) is 0 Å². The predicted octanol–water partition coefficient (Wildman–Crippen LogP) is 3.41. The number of hydrogen-bond donors (Lipinski definition) is 0. The summed E-state index contributed by atoms with van der Waals surface area (Å²) in [6, 6.07) is 0. The number of unbranched alkanes of at least 4 members (excludes halogenated alkanes) is 1. The maximum atomic E-state index is 11.3. The fourth-order valence-electron chi connectivity index (χ4n) is 1.11. The highest BCUT2D eigenvalue weighted by molar-refractivity contribution is 5.82. The van der Waals surface area contributed by atoms with Gasteiger partial charge in [-0.3, -0.25) is 0 Å². The maximum absolute atomic E-state index is 11.3. The Labute approximate surface area is 92.3 Å². The monoisotopic (exact) mass is 208 g/mol. The first-order valence-corrected chi connectivity index (χ1v) is 5.19. The van der Waals surface area contributed by atoms with Gasteiger partial charge in [0.25, 0.3) is 0 Å². The molecule has 1 unspecified atom stereocenters. The topological polar surface area (TPSA) is 26.3 Å². The van der Waals surface area contributed by atoms with Crippen LogP contribution in [0.4, 0.5) is 0 Å². The number of ether oxygens (including phenoxy) is 1. The second-order valence-electron chi connectivity index (χ2n) is 3.65. The highest BCUT2D eigenvalue weighted by atomic mass is 16.5. The molecule has 2 nitrogen and oxygen atoms in total. The van der Waals surface area contributed by atoms with E-state index in [2.05, 4.69) is 13.2 Å². The number of esters is 1.